The third kappa shape index (κ3) is 2.47. The number of hydrogen-bond donors (Lipinski definition) is 0. The Hall–Kier alpha value is -0.240. The summed E-state index contributed by atoms with van der Waals surface area (Å²) in [5.74, 6) is 0. The first kappa shape index (κ1) is 11.8. The second kappa shape index (κ2) is 4.79. The number of piperidine rings is 1. The molecule has 3 heteroatoms. The van der Waals surface area contributed by atoms with Crippen molar-refractivity contribution in [2.24, 2.45) is 0 Å². The van der Waals surface area contributed by atoms with E-state index in [9.17, 15) is 0 Å². The van der Waals surface area contributed by atoms with Crippen LogP contribution in [-0.4, -0.2) is 17.0 Å². The van der Waals surface area contributed by atoms with Gasteiger partial charge in [-0.1, -0.05) is 29.6 Å². The molecule has 2 fully saturated rings. The van der Waals surface area contributed by atoms with Gasteiger partial charge < -0.3 is 0 Å². The predicted molar refractivity (Wildman–Crippen MR) is 72.7 cm³/mol. The van der Waals surface area contributed by atoms with Crippen LogP contribution in [0.15, 0.2) is 18.2 Å². The van der Waals surface area contributed by atoms with Crippen LogP contribution < -0.4 is 0 Å². The highest BCUT2D eigenvalue weighted by atomic mass is 35.5. The Morgan fingerprint density at radius 2 is 1.53 bits per heavy atom. The summed E-state index contributed by atoms with van der Waals surface area (Å²) < 4.78 is 0. The van der Waals surface area contributed by atoms with Crippen LogP contribution in [0.5, 0.6) is 0 Å². The van der Waals surface area contributed by atoms with Gasteiger partial charge in [-0.2, -0.15) is 0 Å². The molecule has 2 heterocycles. The molecular formula is C14H17Cl2N. The minimum Gasteiger partial charge on any atom is -0.293 e. The zero-order chi connectivity index (χ0) is 11.8. The molecule has 1 aromatic carbocycles. The van der Waals surface area contributed by atoms with Crippen LogP contribution in [0.4, 0.5) is 0 Å². The normalized spacial score (nSPS) is 28.6. The highest BCUT2D eigenvalue weighted by molar-refractivity contribution is 6.34. The summed E-state index contributed by atoms with van der Waals surface area (Å²) in [6, 6.07) is 7.48. The van der Waals surface area contributed by atoms with Crippen LogP contribution in [0.25, 0.3) is 0 Å². The molecule has 0 saturated carbocycles. The van der Waals surface area contributed by atoms with Gasteiger partial charge in [-0.3, -0.25) is 4.90 Å². The summed E-state index contributed by atoms with van der Waals surface area (Å²) in [5, 5.41) is 1.49. The molecule has 1 unspecified atom stereocenters. The summed E-state index contributed by atoms with van der Waals surface area (Å²) >= 11 is 12.1. The number of nitrogens with zero attached hydrogens (tertiary/aromatic N) is 1. The van der Waals surface area contributed by atoms with Crippen molar-refractivity contribution in [3.05, 3.63) is 33.8 Å². The maximum atomic E-state index is 6.05. The summed E-state index contributed by atoms with van der Waals surface area (Å²) in [7, 11) is 0. The Morgan fingerprint density at radius 1 is 0.941 bits per heavy atom. The van der Waals surface area contributed by atoms with Crippen molar-refractivity contribution in [1.82, 2.24) is 4.90 Å². The first-order chi connectivity index (χ1) is 8.22. The molecule has 0 N–H and O–H groups in total. The van der Waals surface area contributed by atoms with Crippen LogP contribution in [-0.2, 0) is 6.54 Å². The molecule has 2 aliphatic heterocycles. The maximum absolute atomic E-state index is 6.05. The lowest BCUT2D eigenvalue weighted by molar-refractivity contribution is 0.132. The first-order valence-corrected chi connectivity index (χ1v) is 7.19. The number of fused-ring (bicyclic) bond motifs is 2. The van der Waals surface area contributed by atoms with Crippen molar-refractivity contribution in [3.8, 4) is 0 Å². The number of hydrogen-bond acceptors (Lipinski definition) is 1. The quantitative estimate of drug-likeness (QED) is 0.764. The topological polar surface area (TPSA) is 3.24 Å². The van der Waals surface area contributed by atoms with Gasteiger partial charge in [0, 0.05) is 28.7 Å². The van der Waals surface area contributed by atoms with E-state index in [4.69, 9.17) is 23.2 Å². The lowest BCUT2D eigenvalue weighted by Gasteiger charge is -2.34. The molecule has 0 spiro atoms. The van der Waals surface area contributed by atoms with E-state index in [1.807, 2.05) is 12.1 Å². The van der Waals surface area contributed by atoms with Gasteiger partial charge in [0.05, 0.1) is 0 Å². The van der Waals surface area contributed by atoms with Crippen molar-refractivity contribution in [2.45, 2.75) is 50.7 Å². The molecule has 0 radical (unpaired) electrons. The van der Waals surface area contributed by atoms with Gasteiger partial charge >= 0.3 is 0 Å². The molecule has 2 aliphatic rings. The highest BCUT2D eigenvalue weighted by Gasteiger charge is 2.36. The first-order valence-electron chi connectivity index (χ1n) is 6.43. The number of halogens is 2. The standard InChI is InChI=1S/C14H17Cl2N/c15-11-6-10(7-12(16)8-11)9-17-13-2-1-3-14(17)5-4-13/h6-8,13-14H,1-5,9H2/t13-,14?/m0/s1. The largest absolute Gasteiger partial charge is 0.293 e. The SMILES string of the molecule is Clc1cc(Cl)cc(CN2C3CCC[C@H]2CC3)c1. The van der Waals surface area contributed by atoms with Crippen LogP contribution in [0.2, 0.25) is 10.0 Å². The zero-order valence-electron chi connectivity index (χ0n) is 9.83. The second-order valence-corrected chi connectivity index (χ2v) is 6.14. The van der Waals surface area contributed by atoms with Crippen molar-refractivity contribution in [3.63, 3.8) is 0 Å². The molecular weight excluding hydrogens is 253 g/mol. The van der Waals surface area contributed by atoms with Gasteiger partial charge in [0.2, 0.25) is 0 Å². The molecule has 0 aliphatic carbocycles. The third-order valence-corrected chi connectivity index (χ3v) is 4.57. The van der Waals surface area contributed by atoms with E-state index in [2.05, 4.69) is 4.90 Å². The monoisotopic (exact) mass is 269 g/mol. The fourth-order valence-corrected chi connectivity index (χ4v) is 3.97. The Balaban J connectivity index is 1.78. The van der Waals surface area contributed by atoms with Gasteiger partial charge in [-0.25, -0.2) is 0 Å². The van der Waals surface area contributed by atoms with Crippen LogP contribution >= 0.6 is 23.2 Å². The second-order valence-electron chi connectivity index (χ2n) is 5.27. The molecule has 1 nitrogen and oxygen atoms in total. The van der Waals surface area contributed by atoms with E-state index in [-0.39, 0.29) is 0 Å². The average molecular weight is 270 g/mol. The number of benzene rings is 1. The van der Waals surface area contributed by atoms with Gasteiger partial charge in [0.1, 0.15) is 0 Å². The Kier molecular flexibility index (Phi) is 3.34. The van der Waals surface area contributed by atoms with Gasteiger partial charge in [-0.15, -0.1) is 0 Å². The Bertz CT molecular complexity index is 382. The van der Waals surface area contributed by atoms with Gasteiger partial charge in [0.15, 0.2) is 0 Å². The maximum Gasteiger partial charge on any atom is 0.0424 e. The summed E-state index contributed by atoms with van der Waals surface area (Å²) in [4.78, 5) is 2.66. The fourth-order valence-electron chi connectivity index (χ4n) is 3.40. The molecule has 2 saturated heterocycles. The highest BCUT2D eigenvalue weighted by Crippen LogP contribution is 2.36. The molecule has 0 aromatic heterocycles. The Morgan fingerprint density at radius 3 is 2.12 bits per heavy atom. The van der Waals surface area contributed by atoms with Crippen molar-refractivity contribution in [1.29, 1.82) is 0 Å². The van der Waals surface area contributed by atoms with Crippen molar-refractivity contribution < 1.29 is 0 Å². The van der Waals surface area contributed by atoms with E-state index in [1.165, 1.54) is 37.7 Å². The zero-order valence-corrected chi connectivity index (χ0v) is 11.3. The van der Waals surface area contributed by atoms with Gasteiger partial charge in [0.25, 0.3) is 0 Å². The van der Waals surface area contributed by atoms with Crippen LogP contribution in [0, 0.1) is 0 Å². The van der Waals surface area contributed by atoms with E-state index in [0.29, 0.717) is 0 Å². The van der Waals surface area contributed by atoms with Crippen molar-refractivity contribution >= 4 is 23.2 Å². The van der Waals surface area contributed by atoms with E-state index in [0.717, 1.165) is 28.7 Å². The molecule has 3 rings (SSSR count). The molecule has 2 bridgehead atoms. The van der Waals surface area contributed by atoms with Gasteiger partial charge in [-0.05, 0) is 49.4 Å². The predicted octanol–water partition coefficient (Wildman–Crippen LogP) is 4.51. The smallest absolute Gasteiger partial charge is 0.0424 e. The summed E-state index contributed by atoms with van der Waals surface area (Å²) in [5.41, 5.74) is 1.25. The van der Waals surface area contributed by atoms with Crippen LogP contribution in [0.1, 0.15) is 37.7 Å². The molecule has 17 heavy (non-hydrogen) atoms. The molecule has 1 aromatic rings. The molecule has 0 amide bonds. The van der Waals surface area contributed by atoms with Crippen molar-refractivity contribution in [2.75, 3.05) is 0 Å². The van der Waals surface area contributed by atoms with E-state index >= 15 is 0 Å². The minimum absolute atomic E-state index is 0.747. The number of rotatable bonds is 2. The Labute approximate surface area is 113 Å². The third-order valence-electron chi connectivity index (χ3n) is 4.13. The fraction of sp³-hybridized carbons (Fsp3) is 0.571. The minimum atomic E-state index is 0.747. The molecule has 92 valence electrons. The molecule has 2 atom stereocenters. The average Bonchev–Trinajstić information content (AvgIpc) is 2.49. The lowest BCUT2D eigenvalue weighted by Crippen LogP contribution is -2.38. The summed E-state index contributed by atoms with van der Waals surface area (Å²) in [6.07, 6.45) is 6.88. The summed E-state index contributed by atoms with van der Waals surface area (Å²) in [6.45, 7) is 1.01. The van der Waals surface area contributed by atoms with E-state index in [1.54, 1.807) is 6.07 Å². The van der Waals surface area contributed by atoms with Crippen LogP contribution in [0.3, 0.4) is 0 Å². The van der Waals surface area contributed by atoms with E-state index < -0.39 is 0 Å². The lowest BCUT2D eigenvalue weighted by atomic mass is 10.0.